The molecule has 2 rings (SSSR count). The smallest absolute Gasteiger partial charge is 0.337 e. The Kier molecular flexibility index (Phi) is 6.56. The lowest BCUT2D eigenvalue weighted by Gasteiger charge is -2.14. The number of hydrogen-bond donors (Lipinski definition) is 1. The van der Waals surface area contributed by atoms with E-state index in [1.165, 1.54) is 7.11 Å². The van der Waals surface area contributed by atoms with Gasteiger partial charge in [-0.1, -0.05) is 69.3 Å². The molecule has 2 aromatic carbocycles. The predicted molar refractivity (Wildman–Crippen MR) is 107 cm³/mol. The Balaban J connectivity index is 2.16. The summed E-state index contributed by atoms with van der Waals surface area (Å²) in [5.74, 6) is -1.92. The van der Waals surface area contributed by atoms with Gasteiger partial charge in [-0.15, -0.1) is 0 Å². The van der Waals surface area contributed by atoms with Crippen molar-refractivity contribution in [2.75, 3.05) is 7.11 Å². The number of carboxylic acids is 1. The number of benzene rings is 2. The summed E-state index contributed by atoms with van der Waals surface area (Å²) < 4.78 is 4.68. The number of esters is 1. The van der Waals surface area contributed by atoms with Crippen LogP contribution in [-0.4, -0.2) is 24.2 Å². The van der Waals surface area contributed by atoms with Crippen molar-refractivity contribution < 1.29 is 19.4 Å². The van der Waals surface area contributed by atoms with E-state index in [2.05, 4.69) is 31.6 Å². The molecule has 142 valence electrons. The van der Waals surface area contributed by atoms with E-state index in [9.17, 15) is 14.7 Å². The third-order valence-electron chi connectivity index (χ3n) is 4.23. The standard InChI is InChI=1S/C23H26O4/c1-23(2,3)14-13-16-5-9-18(10-6-16)20(21(24)25)15-17-7-11-19(12-8-17)22(26)27-4/h5-14,20H,15H2,1-4H3,(H,24,25)/b14-13+/t20-/m1/s1. The Labute approximate surface area is 160 Å². The summed E-state index contributed by atoms with van der Waals surface area (Å²) in [4.78, 5) is 23.3. The average molecular weight is 366 g/mol. The molecule has 27 heavy (non-hydrogen) atoms. The third-order valence-corrected chi connectivity index (χ3v) is 4.23. The quantitative estimate of drug-likeness (QED) is 0.735. The zero-order chi connectivity index (χ0) is 20.0. The zero-order valence-corrected chi connectivity index (χ0v) is 16.2. The second-order valence-electron chi connectivity index (χ2n) is 7.65. The van der Waals surface area contributed by atoms with Crippen LogP contribution in [0.1, 0.15) is 53.7 Å². The number of aliphatic carboxylic acids is 1. The van der Waals surface area contributed by atoms with Gasteiger partial charge in [0.25, 0.3) is 0 Å². The molecule has 4 heteroatoms. The van der Waals surface area contributed by atoms with Crippen molar-refractivity contribution in [3.05, 3.63) is 76.9 Å². The summed E-state index contributed by atoms with van der Waals surface area (Å²) in [5, 5.41) is 9.66. The van der Waals surface area contributed by atoms with Gasteiger partial charge in [0.05, 0.1) is 18.6 Å². The summed E-state index contributed by atoms with van der Waals surface area (Å²) in [6, 6.07) is 14.4. The van der Waals surface area contributed by atoms with Gasteiger partial charge < -0.3 is 9.84 Å². The summed E-state index contributed by atoms with van der Waals surface area (Å²) in [6.07, 6.45) is 4.53. The van der Waals surface area contributed by atoms with Crippen LogP contribution >= 0.6 is 0 Å². The van der Waals surface area contributed by atoms with E-state index in [0.717, 1.165) is 16.7 Å². The molecule has 2 aromatic rings. The number of carboxylic acid groups (broad SMARTS) is 1. The molecule has 0 fully saturated rings. The van der Waals surface area contributed by atoms with E-state index in [4.69, 9.17) is 0 Å². The lowest BCUT2D eigenvalue weighted by atomic mass is 9.90. The first kappa shape index (κ1) is 20.4. The molecule has 0 aromatic heterocycles. The largest absolute Gasteiger partial charge is 0.481 e. The molecule has 1 N–H and O–H groups in total. The molecule has 0 amide bonds. The molecule has 0 aliphatic carbocycles. The highest BCUT2D eigenvalue weighted by molar-refractivity contribution is 5.89. The molecular weight excluding hydrogens is 340 g/mol. The van der Waals surface area contributed by atoms with Gasteiger partial charge in [-0.2, -0.15) is 0 Å². The van der Waals surface area contributed by atoms with Crippen molar-refractivity contribution >= 4 is 18.0 Å². The van der Waals surface area contributed by atoms with E-state index in [0.29, 0.717) is 12.0 Å². The van der Waals surface area contributed by atoms with Crippen molar-refractivity contribution in [3.63, 3.8) is 0 Å². The van der Waals surface area contributed by atoms with Gasteiger partial charge >= 0.3 is 11.9 Å². The number of carbonyl (C=O) groups excluding carboxylic acids is 1. The maximum atomic E-state index is 11.8. The van der Waals surface area contributed by atoms with Gasteiger partial charge in [0.1, 0.15) is 0 Å². The molecule has 0 aliphatic rings. The third kappa shape index (κ3) is 6.10. The fraction of sp³-hybridized carbons (Fsp3) is 0.304. The van der Waals surface area contributed by atoms with Crippen LogP contribution in [0.2, 0.25) is 0 Å². The molecule has 0 unspecified atom stereocenters. The SMILES string of the molecule is COC(=O)c1ccc(C[C@@H](C(=O)O)c2ccc(/C=C/C(C)(C)C)cc2)cc1. The van der Waals surface area contributed by atoms with Gasteiger partial charge in [-0.05, 0) is 40.7 Å². The lowest BCUT2D eigenvalue weighted by Crippen LogP contribution is -2.14. The van der Waals surface area contributed by atoms with E-state index < -0.39 is 17.9 Å². The van der Waals surface area contributed by atoms with Gasteiger partial charge in [0.2, 0.25) is 0 Å². The highest BCUT2D eigenvalue weighted by atomic mass is 16.5. The van der Waals surface area contributed by atoms with Crippen molar-refractivity contribution in [1.29, 1.82) is 0 Å². The highest BCUT2D eigenvalue weighted by Crippen LogP contribution is 2.24. The van der Waals surface area contributed by atoms with Crippen molar-refractivity contribution in [2.24, 2.45) is 5.41 Å². The molecule has 4 nitrogen and oxygen atoms in total. The minimum Gasteiger partial charge on any atom is -0.481 e. The molecule has 0 radical (unpaired) electrons. The first-order valence-electron chi connectivity index (χ1n) is 8.89. The average Bonchev–Trinajstić information content (AvgIpc) is 2.64. The van der Waals surface area contributed by atoms with E-state index >= 15 is 0 Å². The van der Waals surface area contributed by atoms with Gasteiger partial charge in [0.15, 0.2) is 0 Å². The van der Waals surface area contributed by atoms with Crippen molar-refractivity contribution in [2.45, 2.75) is 33.1 Å². The molecular formula is C23H26O4. The predicted octanol–water partition coefficient (Wildman–Crippen LogP) is 4.94. The minimum absolute atomic E-state index is 0.0959. The Hall–Kier alpha value is -2.88. The van der Waals surface area contributed by atoms with Crippen LogP contribution < -0.4 is 0 Å². The normalized spacial score (nSPS) is 12.7. The lowest BCUT2D eigenvalue weighted by molar-refractivity contribution is -0.138. The monoisotopic (exact) mass is 366 g/mol. The van der Waals surface area contributed by atoms with E-state index in [1.807, 2.05) is 30.3 Å². The van der Waals surface area contributed by atoms with Gasteiger partial charge in [-0.3, -0.25) is 4.79 Å². The Bertz CT molecular complexity index is 809. The molecule has 0 saturated heterocycles. The summed E-state index contributed by atoms with van der Waals surface area (Å²) in [7, 11) is 1.33. The first-order valence-corrected chi connectivity index (χ1v) is 8.89. The molecule has 0 heterocycles. The molecule has 0 spiro atoms. The van der Waals surface area contributed by atoms with Crippen LogP contribution in [0.4, 0.5) is 0 Å². The highest BCUT2D eigenvalue weighted by Gasteiger charge is 2.20. The van der Waals surface area contributed by atoms with Crippen LogP contribution in [0.25, 0.3) is 6.08 Å². The summed E-state index contributed by atoms with van der Waals surface area (Å²) in [6.45, 7) is 6.39. The van der Waals surface area contributed by atoms with Crippen molar-refractivity contribution in [1.82, 2.24) is 0 Å². The second kappa shape index (κ2) is 8.67. The number of rotatable bonds is 6. The number of carbonyl (C=O) groups is 2. The van der Waals surface area contributed by atoms with Gasteiger partial charge in [-0.25, -0.2) is 4.79 Å². The number of hydrogen-bond acceptors (Lipinski definition) is 3. The van der Waals surface area contributed by atoms with Gasteiger partial charge in [0, 0.05) is 0 Å². The Morgan fingerprint density at radius 2 is 1.63 bits per heavy atom. The zero-order valence-electron chi connectivity index (χ0n) is 16.2. The van der Waals surface area contributed by atoms with Crippen LogP contribution in [0.15, 0.2) is 54.6 Å². The number of ether oxygens (including phenoxy) is 1. The fourth-order valence-electron chi connectivity index (χ4n) is 2.66. The van der Waals surface area contributed by atoms with Crippen LogP contribution in [-0.2, 0) is 16.0 Å². The van der Waals surface area contributed by atoms with Crippen molar-refractivity contribution in [3.8, 4) is 0 Å². The maximum absolute atomic E-state index is 11.8. The van der Waals surface area contributed by atoms with Crippen LogP contribution in [0, 0.1) is 5.41 Å². The number of methoxy groups -OCH3 is 1. The first-order chi connectivity index (χ1) is 12.7. The molecule has 0 saturated carbocycles. The van der Waals surface area contributed by atoms with Crippen LogP contribution in [0.5, 0.6) is 0 Å². The van der Waals surface area contributed by atoms with E-state index in [1.54, 1.807) is 24.3 Å². The minimum atomic E-state index is -0.870. The summed E-state index contributed by atoms with van der Waals surface area (Å²) >= 11 is 0. The Morgan fingerprint density at radius 1 is 1.04 bits per heavy atom. The molecule has 0 bridgehead atoms. The van der Waals surface area contributed by atoms with Crippen LogP contribution in [0.3, 0.4) is 0 Å². The maximum Gasteiger partial charge on any atom is 0.337 e. The fourth-order valence-corrected chi connectivity index (χ4v) is 2.66. The molecule has 1 atom stereocenters. The topological polar surface area (TPSA) is 63.6 Å². The molecule has 0 aliphatic heterocycles. The second-order valence-corrected chi connectivity index (χ2v) is 7.65. The Morgan fingerprint density at radius 3 is 2.11 bits per heavy atom. The number of allylic oxidation sites excluding steroid dienone is 1. The summed E-state index contributed by atoms with van der Waals surface area (Å²) in [5.41, 5.74) is 3.20. The van der Waals surface area contributed by atoms with E-state index in [-0.39, 0.29) is 5.41 Å².